The highest BCUT2D eigenvalue weighted by molar-refractivity contribution is 7.88. The van der Waals surface area contributed by atoms with Crippen LogP contribution in [0, 0.1) is 0 Å². The second-order valence-corrected chi connectivity index (χ2v) is 5.85. The molecule has 0 bridgehead atoms. The lowest BCUT2D eigenvalue weighted by molar-refractivity contribution is -0.131. The van der Waals surface area contributed by atoms with E-state index in [2.05, 4.69) is 10.0 Å². The Balaban J connectivity index is 2.18. The van der Waals surface area contributed by atoms with Gasteiger partial charge in [0.2, 0.25) is 15.9 Å². The molecule has 7 nitrogen and oxygen atoms in total. The van der Waals surface area contributed by atoms with Gasteiger partial charge in [0.1, 0.15) is 6.10 Å². The Morgan fingerprint density at radius 1 is 1.41 bits per heavy atom. The van der Waals surface area contributed by atoms with Gasteiger partial charge >= 0.3 is 0 Å². The zero-order valence-electron chi connectivity index (χ0n) is 9.81. The maximum Gasteiger partial charge on any atom is 0.249 e. The Hall–Kier alpha value is -0.700. The molecule has 0 aromatic heterocycles. The smallest absolute Gasteiger partial charge is 0.249 e. The normalized spacial score (nSPS) is 24.8. The quantitative estimate of drug-likeness (QED) is 0.489. The third-order valence-electron chi connectivity index (χ3n) is 2.45. The third kappa shape index (κ3) is 5.44. The molecule has 0 radical (unpaired) electrons. The number of rotatable bonds is 6. The number of nitrogens with one attached hydrogen (secondary N) is 2. The monoisotopic (exact) mass is 265 g/mol. The van der Waals surface area contributed by atoms with E-state index >= 15 is 0 Å². The van der Waals surface area contributed by atoms with Gasteiger partial charge in [0.15, 0.2) is 0 Å². The van der Waals surface area contributed by atoms with Crippen LogP contribution in [0.15, 0.2) is 0 Å². The fraction of sp³-hybridized carbons (Fsp3) is 0.889. The molecule has 4 N–H and O–H groups in total. The van der Waals surface area contributed by atoms with Gasteiger partial charge in [-0.2, -0.15) is 0 Å². The Labute approximate surface area is 101 Å². The lowest BCUT2D eigenvalue weighted by Crippen LogP contribution is -2.39. The fourth-order valence-electron chi connectivity index (χ4n) is 1.61. The van der Waals surface area contributed by atoms with Crippen LogP contribution in [0.2, 0.25) is 0 Å². The SMILES string of the molecule is CS(=O)(=O)NCCNC(=O)C1CCC(CN)O1. The summed E-state index contributed by atoms with van der Waals surface area (Å²) in [5.41, 5.74) is 5.43. The average molecular weight is 265 g/mol. The summed E-state index contributed by atoms with van der Waals surface area (Å²) in [6, 6.07) is 0. The molecule has 2 atom stereocenters. The molecule has 1 rings (SSSR count). The number of sulfonamides is 1. The minimum absolute atomic E-state index is 0.0418. The molecule has 100 valence electrons. The van der Waals surface area contributed by atoms with E-state index in [1.54, 1.807) is 0 Å². The van der Waals surface area contributed by atoms with E-state index in [0.29, 0.717) is 13.0 Å². The zero-order valence-corrected chi connectivity index (χ0v) is 10.6. The number of ether oxygens (including phenoxy) is 1. The van der Waals surface area contributed by atoms with Crippen LogP contribution in [0.5, 0.6) is 0 Å². The average Bonchev–Trinajstić information content (AvgIpc) is 2.71. The molecule has 1 aliphatic rings. The maximum absolute atomic E-state index is 11.6. The van der Waals surface area contributed by atoms with Crippen molar-refractivity contribution in [3.63, 3.8) is 0 Å². The lowest BCUT2D eigenvalue weighted by Gasteiger charge is -2.12. The van der Waals surface area contributed by atoms with Gasteiger partial charge in [-0.25, -0.2) is 13.1 Å². The summed E-state index contributed by atoms with van der Waals surface area (Å²) >= 11 is 0. The summed E-state index contributed by atoms with van der Waals surface area (Å²) < 4.78 is 29.2. The van der Waals surface area contributed by atoms with Crippen molar-refractivity contribution in [3.8, 4) is 0 Å². The van der Waals surface area contributed by atoms with Crippen molar-refractivity contribution in [2.75, 3.05) is 25.9 Å². The van der Waals surface area contributed by atoms with E-state index < -0.39 is 16.1 Å². The number of carbonyl (C=O) groups is 1. The first kappa shape index (κ1) is 14.4. The molecule has 0 spiro atoms. The van der Waals surface area contributed by atoms with Crippen LogP contribution in [0.25, 0.3) is 0 Å². The molecule has 1 saturated heterocycles. The van der Waals surface area contributed by atoms with Gasteiger partial charge in [0.05, 0.1) is 12.4 Å². The topological polar surface area (TPSA) is 111 Å². The number of hydrogen-bond acceptors (Lipinski definition) is 5. The van der Waals surface area contributed by atoms with Crippen LogP contribution < -0.4 is 15.8 Å². The number of amides is 1. The van der Waals surface area contributed by atoms with Crippen molar-refractivity contribution in [2.45, 2.75) is 25.0 Å². The minimum atomic E-state index is -3.20. The standard InChI is InChI=1S/C9H19N3O4S/c1-17(14,15)12-5-4-11-9(13)8-3-2-7(6-10)16-8/h7-8,12H,2-6,10H2,1H3,(H,11,13). The number of nitrogens with two attached hydrogens (primary N) is 1. The van der Waals surface area contributed by atoms with Gasteiger partial charge in [-0.15, -0.1) is 0 Å². The summed E-state index contributed by atoms with van der Waals surface area (Å²) in [5, 5.41) is 2.61. The van der Waals surface area contributed by atoms with Crippen LogP contribution in [0.3, 0.4) is 0 Å². The second-order valence-electron chi connectivity index (χ2n) is 4.02. The highest BCUT2D eigenvalue weighted by Crippen LogP contribution is 2.18. The summed E-state index contributed by atoms with van der Waals surface area (Å²) in [7, 11) is -3.20. The highest BCUT2D eigenvalue weighted by atomic mass is 32.2. The largest absolute Gasteiger partial charge is 0.364 e. The van der Waals surface area contributed by atoms with Crippen LogP contribution in [-0.2, 0) is 19.6 Å². The van der Waals surface area contributed by atoms with Crippen LogP contribution in [0.1, 0.15) is 12.8 Å². The minimum Gasteiger partial charge on any atom is -0.364 e. The Bertz CT molecular complexity index is 357. The van der Waals surface area contributed by atoms with E-state index in [9.17, 15) is 13.2 Å². The third-order valence-corrected chi connectivity index (χ3v) is 3.18. The van der Waals surface area contributed by atoms with Crippen molar-refractivity contribution < 1.29 is 17.9 Å². The van der Waals surface area contributed by atoms with Gasteiger partial charge in [-0.1, -0.05) is 0 Å². The van der Waals surface area contributed by atoms with E-state index in [1.165, 1.54) is 0 Å². The van der Waals surface area contributed by atoms with Gasteiger partial charge < -0.3 is 15.8 Å². The molecule has 0 aromatic rings. The number of hydrogen-bond donors (Lipinski definition) is 3. The summed E-state index contributed by atoms with van der Waals surface area (Å²) in [6.07, 6.45) is 2.02. The molecular weight excluding hydrogens is 246 g/mol. The molecule has 0 aliphatic carbocycles. The molecule has 1 heterocycles. The summed E-state index contributed by atoms with van der Waals surface area (Å²) in [5.74, 6) is -0.212. The van der Waals surface area contributed by atoms with Gasteiger partial charge in [-0.3, -0.25) is 4.79 Å². The van der Waals surface area contributed by atoms with E-state index in [4.69, 9.17) is 10.5 Å². The van der Waals surface area contributed by atoms with Crippen LogP contribution >= 0.6 is 0 Å². The van der Waals surface area contributed by atoms with E-state index in [-0.39, 0.29) is 25.1 Å². The van der Waals surface area contributed by atoms with Crippen molar-refractivity contribution in [3.05, 3.63) is 0 Å². The Kier molecular flexibility index (Phi) is 5.31. The van der Waals surface area contributed by atoms with Gasteiger partial charge in [-0.05, 0) is 12.8 Å². The molecular formula is C9H19N3O4S. The summed E-state index contributed by atoms with van der Waals surface area (Å²) in [6.45, 7) is 0.843. The van der Waals surface area contributed by atoms with Crippen molar-refractivity contribution >= 4 is 15.9 Å². The maximum atomic E-state index is 11.6. The first-order valence-corrected chi connectivity index (χ1v) is 7.39. The fourth-order valence-corrected chi connectivity index (χ4v) is 2.08. The number of carbonyl (C=O) groups excluding carboxylic acids is 1. The molecule has 1 fully saturated rings. The first-order valence-electron chi connectivity index (χ1n) is 5.50. The zero-order chi connectivity index (χ0) is 12.9. The Morgan fingerprint density at radius 2 is 2.12 bits per heavy atom. The molecule has 0 aromatic carbocycles. The molecule has 1 amide bonds. The van der Waals surface area contributed by atoms with E-state index in [0.717, 1.165) is 12.7 Å². The predicted octanol–water partition coefficient (Wildman–Crippen LogP) is -1.84. The van der Waals surface area contributed by atoms with Gasteiger partial charge in [0, 0.05) is 19.6 Å². The highest BCUT2D eigenvalue weighted by Gasteiger charge is 2.29. The van der Waals surface area contributed by atoms with Crippen molar-refractivity contribution in [1.29, 1.82) is 0 Å². The second kappa shape index (κ2) is 6.29. The van der Waals surface area contributed by atoms with Gasteiger partial charge in [0.25, 0.3) is 0 Å². The molecule has 17 heavy (non-hydrogen) atoms. The first-order chi connectivity index (χ1) is 7.92. The summed E-state index contributed by atoms with van der Waals surface area (Å²) in [4.78, 5) is 11.6. The molecule has 1 aliphatic heterocycles. The predicted molar refractivity (Wildman–Crippen MR) is 62.8 cm³/mol. The lowest BCUT2D eigenvalue weighted by atomic mass is 10.2. The Morgan fingerprint density at radius 3 is 2.65 bits per heavy atom. The molecule has 2 unspecified atom stereocenters. The van der Waals surface area contributed by atoms with Crippen molar-refractivity contribution in [1.82, 2.24) is 10.0 Å². The van der Waals surface area contributed by atoms with E-state index in [1.807, 2.05) is 0 Å². The molecule has 8 heteroatoms. The van der Waals surface area contributed by atoms with Crippen molar-refractivity contribution in [2.24, 2.45) is 5.73 Å². The molecule has 0 saturated carbocycles. The van der Waals surface area contributed by atoms with Crippen LogP contribution in [-0.4, -0.2) is 52.4 Å². The van der Waals surface area contributed by atoms with Crippen LogP contribution in [0.4, 0.5) is 0 Å².